The van der Waals surface area contributed by atoms with Crippen molar-refractivity contribution >= 4 is 16.7 Å². The van der Waals surface area contributed by atoms with Crippen LogP contribution in [0.15, 0.2) is 49.1 Å². The SMILES string of the molecule is C[C@H](Nc1ncnc2ccccc12)[C@@H](C)n1cccn1. The van der Waals surface area contributed by atoms with Crippen molar-refractivity contribution in [1.82, 2.24) is 19.7 Å². The molecular weight excluding hydrogens is 250 g/mol. The Labute approximate surface area is 117 Å². The Kier molecular flexibility index (Phi) is 3.33. The molecule has 2 heterocycles. The minimum atomic E-state index is 0.202. The van der Waals surface area contributed by atoms with Crippen molar-refractivity contribution < 1.29 is 0 Å². The molecule has 0 fully saturated rings. The molecule has 102 valence electrons. The lowest BCUT2D eigenvalue weighted by Gasteiger charge is -2.22. The van der Waals surface area contributed by atoms with Gasteiger partial charge in [0, 0.05) is 23.8 Å². The van der Waals surface area contributed by atoms with Gasteiger partial charge in [0.25, 0.3) is 0 Å². The van der Waals surface area contributed by atoms with Crippen molar-refractivity contribution in [2.45, 2.75) is 25.9 Å². The topological polar surface area (TPSA) is 55.6 Å². The molecule has 0 aliphatic carbocycles. The van der Waals surface area contributed by atoms with Crippen molar-refractivity contribution in [3.63, 3.8) is 0 Å². The van der Waals surface area contributed by atoms with E-state index in [1.165, 1.54) is 0 Å². The molecule has 0 amide bonds. The third kappa shape index (κ3) is 2.34. The van der Waals surface area contributed by atoms with Crippen molar-refractivity contribution in [1.29, 1.82) is 0 Å². The quantitative estimate of drug-likeness (QED) is 0.789. The third-order valence-electron chi connectivity index (χ3n) is 3.57. The zero-order chi connectivity index (χ0) is 13.9. The number of benzene rings is 1. The minimum Gasteiger partial charge on any atom is -0.365 e. The fourth-order valence-electron chi connectivity index (χ4n) is 2.21. The summed E-state index contributed by atoms with van der Waals surface area (Å²) in [5, 5.41) is 8.78. The van der Waals surface area contributed by atoms with E-state index in [0.29, 0.717) is 0 Å². The first kappa shape index (κ1) is 12.6. The maximum Gasteiger partial charge on any atom is 0.137 e. The number of hydrogen-bond acceptors (Lipinski definition) is 4. The van der Waals surface area contributed by atoms with E-state index in [1.807, 2.05) is 41.2 Å². The van der Waals surface area contributed by atoms with Crippen LogP contribution in [0.2, 0.25) is 0 Å². The molecule has 0 spiro atoms. The summed E-state index contributed by atoms with van der Waals surface area (Å²) in [6.45, 7) is 4.26. The monoisotopic (exact) mass is 267 g/mol. The highest BCUT2D eigenvalue weighted by atomic mass is 15.3. The van der Waals surface area contributed by atoms with E-state index in [1.54, 1.807) is 12.5 Å². The van der Waals surface area contributed by atoms with Crippen molar-refractivity contribution in [2.24, 2.45) is 0 Å². The Morgan fingerprint density at radius 2 is 1.95 bits per heavy atom. The highest BCUT2D eigenvalue weighted by molar-refractivity contribution is 5.88. The van der Waals surface area contributed by atoms with Gasteiger partial charge in [-0.15, -0.1) is 0 Å². The number of para-hydroxylation sites is 1. The molecule has 20 heavy (non-hydrogen) atoms. The van der Waals surface area contributed by atoms with E-state index in [0.717, 1.165) is 16.7 Å². The maximum absolute atomic E-state index is 4.36. The molecule has 1 N–H and O–H groups in total. The number of anilines is 1. The zero-order valence-electron chi connectivity index (χ0n) is 11.6. The van der Waals surface area contributed by atoms with Gasteiger partial charge < -0.3 is 5.32 Å². The van der Waals surface area contributed by atoms with Crippen molar-refractivity contribution in [3.8, 4) is 0 Å². The first-order valence-corrected chi connectivity index (χ1v) is 6.71. The molecule has 2 aromatic heterocycles. The van der Waals surface area contributed by atoms with Crippen LogP contribution in [-0.2, 0) is 0 Å². The summed E-state index contributed by atoms with van der Waals surface area (Å²) in [6, 6.07) is 10.4. The summed E-state index contributed by atoms with van der Waals surface area (Å²) < 4.78 is 1.95. The standard InChI is InChI=1S/C15H17N5/c1-11(12(2)20-9-5-8-18-20)19-15-13-6-3-4-7-14(13)16-10-17-15/h3-12H,1-2H3,(H,16,17,19)/t11-,12+/m0/s1. The molecule has 0 saturated heterocycles. The van der Waals surface area contributed by atoms with Crippen LogP contribution in [0, 0.1) is 0 Å². The number of aromatic nitrogens is 4. The number of fused-ring (bicyclic) bond motifs is 1. The molecule has 0 aliphatic heterocycles. The Hall–Kier alpha value is -2.43. The number of nitrogens with one attached hydrogen (secondary N) is 1. The predicted molar refractivity (Wildman–Crippen MR) is 79.6 cm³/mol. The second kappa shape index (κ2) is 5.28. The predicted octanol–water partition coefficient (Wildman–Crippen LogP) is 2.89. The first-order chi connectivity index (χ1) is 9.75. The van der Waals surface area contributed by atoms with Crippen LogP contribution < -0.4 is 5.32 Å². The largest absolute Gasteiger partial charge is 0.365 e. The van der Waals surface area contributed by atoms with Crippen LogP contribution in [-0.4, -0.2) is 25.8 Å². The molecule has 0 radical (unpaired) electrons. The maximum atomic E-state index is 4.36. The van der Waals surface area contributed by atoms with Gasteiger partial charge in [-0.25, -0.2) is 9.97 Å². The van der Waals surface area contributed by atoms with Crippen LogP contribution in [0.25, 0.3) is 10.9 Å². The molecule has 0 aliphatic rings. The second-order valence-corrected chi connectivity index (χ2v) is 4.90. The highest BCUT2D eigenvalue weighted by Gasteiger charge is 2.15. The molecule has 0 saturated carbocycles. The van der Waals surface area contributed by atoms with E-state index in [2.05, 4.69) is 34.2 Å². The Morgan fingerprint density at radius 1 is 1.10 bits per heavy atom. The van der Waals surface area contributed by atoms with Gasteiger partial charge in [-0.2, -0.15) is 5.10 Å². The van der Waals surface area contributed by atoms with E-state index < -0.39 is 0 Å². The lowest BCUT2D eigenvalue weighted by Crippen LogP contribution is -2.27. The summed E-state index contributed by atoms with van der Waals surface area (Å²) in [5.41, 5.74) is 0.948. The normalized spacial score (nSPS) is 14.1. The number of nitrogens with zero attached hydrogens (tertiary/aromatic N) is 4. The van der Waals surface area contributed by atoms with Gasteiger partial charge in [0.1, 0.15) is 12.1 Å². The van der Waals surface area contributed by atoms with Crippen LogP contribution >= 0.6 is 0 Å². The zero-order valence-corrected chi connectivity index (χ0v) is 11.6. The molecule has 0 unspecified atom stereocenters. The Morgan fingerprint density at radius 3 is 2.75 bits per heavy atom. The minimum absolute atomic E-state index is 0.202. The summed E-state index contributed by atoms with van der Waals surface area (Å²) in [6.07, 6.45) is 5.36. The molecule has 5 heteroatoms. The highest BCUT2D eigenvalue weighted by Crippen LogP contribution is 2.21. The molecular formula is C15H17N5. The van der Waals surface area contributed by atoms with E-state index in [9.17, 15) is 0 Å². The molecule has 0 bridgehead atoms. The van der Waals surface area contributed by atoms with Crippen LogP contribution in [0.4, 0.5) is 5.82 Å². The van der Waals surface area contributed by atoms with Gasteiger partial charge in [-0.05, 0) is 32.0 Å². The van der Waals surface area contributed by atoms with Gasteiger partial charge in [-0.3, -0.25) is 4.68 Å². The molecule has 1 aromatic carbocycles. The average Bonchev–Trinajstić information content (AvgIpc) is 3.01. The van der Waals surface area contributed by atoms with Crippen LogP contribution in [0.5, 0.6) is 0 Å². The molecule has 3 aromatic rings. The Balaban J connectivity index is 1.86. The molecule has 3 rings (SSSR count). The van der Waals surface area contributed by atoms with Gasteiger partial charge in [0.2, 0.25) is 0 Å². The first-order valence-electron chi connectivity index (χ1n) is 6.71. The number of rotatable bonds is 4. The summed E-state index contributed by atoms with van der Waals surface area (Å²) >= 11 is 0. The lowest BCUT2D eigenvalue weighted by atomic mass is 10.1. The van der Waals surface area contributed by atoms with Crippen LogP contribution in [0.3, 0.4) is 0 Å². The summed E-state index contributed by atoms with van der Waals surface area (Å²) in [5.74, 6) is 0.863. The third-order valence-corrected chi connectivity index (χ3v) is 3.57. The summed E-state index contributed by atoms with van der Waals surface area (Å²) in [4.78, 5) is 8.63. The summed E-state index contributed by atoms with van der Waals surface area (Å²) in [7, 11) is 0. The Bertz CT molecular complexity index is 687. The van der Waals surface area contributed by atoms with Crippen molar-refractivity contribution in [2.75, 3.05) is 5.32 Å². The van der Waals surface area contributed by atoms with Gasteiger partial charge >= 0.3 is 0 Å². The lowest BCUT2D eigenvalue weighted by molar-refractivity contribution is 0.443. The molecule has 2 atom stereocenters. The average molecular weight is 267 g/mol. The van der Waals surface area contributed by atoms with Crippen molar-refractivity contribution in [3.05, 3.63) is 49.1 Å². The van der Waals surface area contributed by atoms with E-state index in [4.69, 9.17) is 0 Å². The van der Waals surface area contributed by atoms with Gasteiger partial charge in [0.05, 0.1) is 11.6 Å². The number of hydrogen-bond donors (Lipinski definition) is 1. The van der Waals surface area contributed by atoms with E-state index in [-0.39, 0.29) is 12.1 Å². The fourth-order valence-corrected chi connectivity index (χ4v) is 2.21. The van der Waals surface area contributed by atoms with Gasteiger partial charge in [0.15, 0.2) is 0 Å². The van der Waals surface area contributed by atoms with Crippen LogP contribution in [0.1, 0.15) is 19.9 Å². The molecule has 5 nitrogen and oxygen atoms in total. The smallest absolute Gasteiger partial charge is 0.137 e. The second-order valence-electron chi connectivity index (χ2n) is 4.90. The fraction of sp³-hybridized carbons (Fsp3) is 0.267. The van der Waals surface area contributed by atoms with E-state index >= 15 is 0 Å². The van der Waals surface area contributed by atoms with Gasteiger partial charge in [-0.1, -0.05) is 12.1 Å².